The predicted molar refractivity (Wildman–Crippen MR) is 105 cm³/mol. The molecule has 132 valence electrons. The summed E-state index contributed by atoms with van der Waals surface area (Å²) in [7, 11) is 0. The van der Waals surface area contributed by atoms with E-state index < -0.39 is 0 Å². The predicted octanol–water partition coefficient (Wildman–Crippen LogP) is 3.67. The second-order valence-electron chi connectivity index (χ2n) is 6.14. The van der Waals surface area contributed by atoms with Crippen molar-refractivity contribution in [1.82, 2.24) is 15.1 Å². The monoisotopic (exact) mass is 375 g/mol. The van der Waals surface area contributed by atoms with Crippen LogP contribution in [0.4, 0.5) is 5.69 Å². The standard InChI is InChI=1S/C19H13N5O2S/c25-14-9-20-15(17-16(22-14)12-6-1-2-7-13(12)21-17)10-4-3-5-11(8-10)18-23-19(27)26-24-18/h1-8,21H,9H2,(H,22,25)(H,23,24,27). The molecule has 0 bridgehead atoms. The highest BCUT2D eigenvalue weighted by molar-refractivity contribution is 7.71. The van der Waals surface area contributed by atoms with Crippen LogP contribution in [0, 0.1) is 4.84 Å². The third kappa shape index (κ3) is 2.67. The van der Waals surface area contributed by atoms with Crippen molar-refractivity contribution in [2.45, 2.75) is 0 Å². The Morgan fingerprint density at radius 2 is 1.93 bits per heavy atom. The first-order valence-electron chi connectivity index (χ1n) is 8.31. The van der Waals surface area contributed by atoms with Gasteiger partial charge in [0.2, 0.25) is 5.91 Å². The van der Waals surface area contributed by atoms with E-state index >= 15 is 0 Å². The van der Waals surface area contributed by atoms with Gasteiger partial charge in [-0.25, -0.2) is 5.16 Å². The summed E-state index contributed by atoms with van der Waals surface area (Å²) < 4.78 is 5.02. The van der Waals surface area contributed by atoms with Crippen LogP contribution in [0.5, 0.6) is 0 Å². The molecule has 27 heavy (non-hydrogen) atoms. The number of aliphatic imine (C=N–C) groups is 1. The maximum atomic E-state index is 12.2. The summed E-state index contributed by atoms with van der Waals surface area (Å²) in [4.78, 5) is 24.4. The molecule has 0 saturated carbocycles. The van der Waals surface area contributed by atoms with Gasteiger partial charge in [0, 0.05) is 22.0 Å². The lowest BCUT2D eigenvalue weighted by atomic mass is 10.0. The first-order valence-corrected chi connectivity index (χ1v) is 8.71. The van der Waals surface area contributed by atoms with Gasteiger partial charge in [0.25, 0.3) is 0 Å². The fourth-order valence-corrected chi connectivity index (χ4v) is 3.39. The number of nitrogens with one attached hydrogen (secondary N) is 3. The summed E-state index contributed by atoms with van der Waals surface area (Å²) >= 11 is 4.93. The number of carbonyl (C=O) groups excluding carboxylic acids is 1. The van der Waals surface area contributed by atoms with Crippen molar-refractivity contribution in [2.24, 2.45) is 4.99 Å². The van der Waals surface area contributed by atoms with E-state index in [1.54, 1.807) is 0 Å². The highest BCUT2D eigenvalue weighted by Crippen LogP contribution is 2.31. The molecule has 3 heterocycles. The summed E-state index contributed by atoms with van der Waals surface area (Å²) in [6.07, 6.45) is 0. The average Bonchev–Trinajstić information content (AvgIpc) is 3.22. The second kappa shape index (κ2) is 6.03. The summed E-state index contributed by atoms with van der Waals surface area (Å²) in [5, 5.41) is 6.62. The number of hydrogen-bond acceptors (Lipinski definition) is 5. The van der Waals surface area contributed by atoms with Gasteiger partial charge in [-0.2, -0.15) is 4.98 Å². The summed E-state index contributed by atoms with van der Waals surface area (Å²) in [5.74, 6) is 0.398. The molecule has 2 aromatic heterocycles. The van der Waals surface area contributed by atoms with Gasteiger partial charge in [0.05, 0.1) is 17.1 Å². The molecule has 3 N–H and O–H groups in total. The molecule has 7 nitrogen and oxygen atoms in total. The third-order valence-electron chi connectivity index (χ3n) is 4.44. The molecule has 1 aliphatic heterocycles. The van der Waals surface area contributed by atoms with E-state index in [9.17, 15) is 4.79 Å². The van der Waals surface area contributed by atoms with Gasteiger partial charge < -0.3 is 14.8 Å². The SMILES string of the molecule is O=C1CN=C(c2cccc(-c3nc(=S)o[nH]3)c2)c2[nH]c3ccccc3c2N1. The van der Waals surface area contributed by atoms with Crippen LogP contribution >= 0.6 is 12.2 Å². The van der Waals surface area contributed by atoms with Crippen LogP contribution in [0.1, 0.15) is 11.3 Å². The van der Waals surface area contributed by atoms with Gasteiger partial charge in [-0.3, -0.25) is 9.79 Å². The highest BCUT2D eigenvalue weighted by atomic mass is 32.1. The first kappa shape index (κ1) is 15.7. The van der Waals surface area contributed by atoms with Gasteiger partial charge in [-0.15, -0.1) is 0 Å². The van der Waals surface area contributed by atoms with E-state index in [0.717, 1.165) is 33.4 Å². The number of para-hydroxylation sites is 1. The van der Waals surface area contributed by atoms with Crippen LogP contribution in [0.2, 0.25) is 0 Å². The quantitative estimate of drug-likeness (QED) is 0.466. The number of benzene rings is 2. The van der Waals surface area contributed by atoms with Crippen LogP contribution in [-0.2, 0) is 4.79 Å². The number of fused-ring (bicyclic) bond motifs is 3. The summed E-state index contributed by atoms with van der Waals surface area (Å²) in [6.45, 7) is 0.0583. The zero-order chi connectivity index (χ0) is 18.4. The smallest absolute Gasteiger partial charge is 0.314 e. The number of rotatable bonds is 2. The minimum Gasteiger partial charge on any atom is -0.351 e. The Labute approximate surface area is 158 Å². The Morgan fingerprint density at radius 3 is 2.78 bits per heavy atom. The molecule has 1 aliphatic rings. The Hall–Kier alpha value is -3.52. The van der Waals surface area contributed by atoms with Crippen LogP contribution in [0.3, 0.4) is 0 Å². The van der Waals surface area contributed by atoms with E-state index in [1.807, 2.05) is 48.5 Å². The third-order valence-corrected chi connectivity index (χ3v) is 4.61. The molecule has 0 radical (unpaired) electrons. The first-order chi connectivity index (χ1) is 13.2. The van der Waals surface area contributed by atoms with Crippen LogP contribution < -0.4 is 5.32 Å². The maximum absolute atomic E-state index is 12.2. The highest BCUT2D eigenvalue weighted by Gasteiger charge is 2.22. The molecule has 4 aromatic rings. The van der Waals surface area contributed by atoms with Crippen LogP contribution in [-0.4, -0.2) is 33.3 Å². The number of nitrogens with zero attached hydrogens (tertiary/aromatic N) is 2. The fraction of sp³-hybridized carbons (Fsp3) is 0.0526. The van der Waals surface area contributed by atoms with E-state index in [0.29, 0.717) is 11.5 Å². The lowest BCUT2D eigenvalue weighted by Crippen LogP contribution is -2.13. The lowest BCUT2D eigenvalue weighted by Gasteiger charge is -2.07. The van der Waals surface area contributed by atoms with Gasteiger partial charge in [0.15, 0.2) is 5.82 Å². The maximum Gasteiger partial charge on any atom is 0.314 e. The minimum atomic E-state index is -0.146. The molecule has 1 amide bonds. The number of aromatic nitrogens is 3. The summed E-state index contributed by atoms with van der Waals surface area (Å²) in [6, 6.07) is 15.5. The Bertz CT molecular complexity index is 1280. The van der Waals surface area contributed by atoms with Crippen molar-refractivity contribution < 1.29 is 9.32 Å². The van der Waals surface area contributed by atoms with Crippen molar-refractivity contribution in [3.05, 3.63) is 64.6 Å². The molecule has 8 heteroatoms. The zero-order valence-corrected chi connectivity index (χ0v) is 14.8. The van der Waals surface area contributed by atoms with Gasteiger partial charge in [-0.1, -0.05) is 36.4 Å². The number of amides is 1. The van der Waals surface area contributed by atoms with Crippen LogP contribution in [0.15, 0.2) is 58.0 Å². The zero-order valence-electron chi connectivity index (χ0n) is 13.9. The average molecular weight is 375 g/mol. The summed E-state index contributed by atoms with van der Waals surface area (Å²) in [5.41, 5.74) is 4.86. The van der Waals surface area contributed by atoms with E-state index in [-0.39, 0.29) is 17.3 Å². The molecular formula is C19H13N5O2S. The molecule has 0 aliphatic carbocycles. The number of anilines is 1. The van der Waals surface area contributed by atoms with E-state index in [2.05, 4.69) is 25.4 Å². The number of hydrogen-bond donors (Lipinski definition) is 3. The fourth-order valence-electron chi connectivity index (χ4n) is 3.26. The lowest BCUT2D eigenvalue weighted by molar-refractivity contribution is -0.114. The normalized spacial score (nSPS) is 13.8. The molecular weight excluding hydrogens is 362 g/mol. The topological polar surface area (TPSA) is 99.1 Å². The molecule has 0 spiro atoms. The number of H-pyrrole nitrogens is 2. The Balaban J connectivity index is 1.69. The van der Waals surface area contributed by atoms with Crippen molar-refractivity contribution in [3.8, 4) is 11.4 Å². The molecule has 0 saturated heterocycles. The molecule has 5 rings (SSSR count). The second-order valence-corrected chi connectivity index (χ2v) is 6.49. The van der Waals surface area contributed by atoms with Crippen molar-refractivity contribution in [1.29, 1.82) is 0 Å². The van der Waals surface area contributed by atoms with Gasteiger partial charge in [0.1, 0.15) is 6.54 Å². The molecule has 0 fully saturated rings. The Morgan fingerprint density at radius 1 is 1.07 bits per heavy atom. The van der Waals surface area contributed by atoms with E-state index in [4.69, 9.17) is 16.7 Å². The molecule has 0 unspecified atom stereocenters. The van der Waals surface area contributed by atoms with E-state index in [1.165, 1.54) is 0 Å². The van der Waals surface area contributed by atoms with Gasteiger partial charge >= 0.3 is 4.84 Å². The number of carbonyl (C=O) groups is 1. The van der Waals surface area contributed by atoms with Crippen molar-refractivity contribution in [3.63, 3.8) is 0 Å². The molecule has 2 aromatic carbocycles. The van der Waals surface area contributed by atoms with Crippen molar-refractivity contribution >= 4 is 40.4 Å². The Kier molecular flexibility index (Phi) is 3.51. The largest absolute Gasteiger partial charge is 0.351 e. The minimum absolute atomic E-state index is 0.0583. The molecule has 0 atom stereocenters. The van der Waals surface area contributed by atoms with Gasteiger partial charge in [-0.05, 0) is 24.4 Å². The van der Waals surface area contributed by atoms with Crippen molar-refractivity contribution in [2.75, 3.05) is 11.9 Å². The number of aromatic amines is 2. The van der Waals surface area contributed by atoms with Crippen LogP contribution in [0.25, 0.3) is 22.3 Å².